The maximum atomic E-state index is 13.6. The molecule has 2 aromatic carbocycles. The first-order valence-electron chi connectivity index (χ1n) is 10.3. The number of aromatic carboxylic acids is 1. The van der Waals surface area contributed by atoms with Gasteiger partial charge in [0.05, 0.1) is 23.3 Å². The Morgan fingerprint density at radius 3 is 2.19 bits per heavy atom. The van der Waals surface area contributed by atoms with E-state index in [1.165, 1.54) is 29.9 Å². The zero-order valence-corrected chi connectivity index (χ0v) is 20.3. The van der Waals surface area contributed by atoms with Crippen molar-refractivity contribution in [3.05, 3.63) is 45.0 Å². The molecule has 1 saturated heterocycles. The van der Waals surface area contributed by atoms with Gasteiger partial charge in [0.25, 0.3) is 0 Å². The van der Waals surface area contributed by atoms with Crippen molar-refractivity contribution in [3.8, 4) is 23.0 Å². The summed E-state index contributed by atoms with van der Waals surface area (Å²) in [6.07, 6.45) is -8.88. The molecule has 5 atom stereocenters. The molecule has 1 unspecified atom stereocenters. The van der Waals surface area contributed by atoms with Gasteiger partial charge in [-0.25, -0.2) is 4.79 Å². The van der Waals surface area contributed by atoms with Gasteiger partial charge in [-0.15, -0.1) is 0 Å². The van der Waals surface area contributed by atoms with Crippen LogP contribution in [0.1, 0.15) is 59.4 Å². The first kappa shape index (κ1) is 26.1. The van der Waals surface area contributed by atoms with Crippen LogP contribution < -0.4 is 3.07 Å². The van der Waals surface area contributed by atoms with Crippen LogP contribution in [0.2, 0.25) is 0 Å². The third kappa shape index (κ3) is 3.52. The van der Waals surface area contributed by atoms with Crippen LogP contribution in [0.15, 0.2) is 6.07 Å². The minimum absolute atomic E-state index is 0.264. The molecule has 36 heavy (non-hydrogen) atoms. The summed E-state index contributed by atoms with van der Waals surface area (Å²) in [5.74, 6) is -7.03. The van der Waals surface area contributed by atoms with Gasteiger partial charge in [0.15, 0.2) is 46.1 Å². The fourth-order valence-electron chi connectivity index (χ4n) is 4.64. The molecule has 0 saturated carbocycles. The number of carboxylic acids is 1. The van der Waals surface area contributed by atoms with Crippen LogP contribution in [-0.4, -0.2) is 89.4 Å². The Labute approximate surface area is 215 Å². The van der Waals surface area contributed by atoms with E-state index in [1.54, 1.807) is 0 Å². The number of carboxylic acid groups (broad SMARTS) is 1. The Morgan fingerprint density at radius 1 is 1.00 bits per heavy atom. The predicted octanol–water partition coefficient (Wildman–Crippen LogP) is -0.171. The zero-order chi connectivity index (χ0) is 26.8. The minimum atomic E-state index is -1.97. The van der Waals surface area contributed by atoms with E-state index in [2.05, 4.69) is 0 Å². The number of phenolic OH excluding ortho intramolecular Hbond substituents is 2. The molecule has 0 aromatic heterocycles. The van der Waals surface area contributed by atoms with Crippen LogP contribution in [-0.2, 0) is 4.74 Å². The van der Waals surface area contributed by atoms with Gasteiger partial charge in [-0.2, -0.15) is 0 Å². The average molecular weight is 618 g/mol. The Bertz CT molecular complexity index is 1320. The van der Waals surface area contributed by atoms with E-state index in [4.69, 9.17) is 7.80 Å². The van der Waals surface area contributed by atoms with Gasteiger partial charge in [0, 0.05) is 11.1 Å². The molecule has 4 rings (SSSR count). The lowest BCUT2D eigenvalue weighted by molar-refractivity contribution is -0.232. The monoisotopic (exact) mass is 618 g/mol. The lowest BCUT2D eigenvalue weighted by Crippen LogP contribution is -2.55. The highest BCUT2D eigenvalue weighted by Gasteiger charge is 2.49. The van der Waals surface area contributed by atoms with Crippen LogP contribution >= 0.6 is 23.0 Å². The highest BCUT2D eigenvalue weighted by atomic mass is 127. The normalized spacial score (nSPS) is 25.3. The summed E-state index contributed by atoms with van der Waals surface area (Å²) in [7, 11) is 0. The number of carbonyl (C=O) groups is 3. The largest absolute Gasteiger partial charge is 0.507 e. The molecule has 14 heteroatoms. The van der Waals surface area contributed by atoms with E-state index < -0.39 is 111 Å². The van der Waals surface area contributed by atoms with E-state index >= 15 is 0 Å². The molecule has 1 fully saturated rings. The number of hydrogen-bond acceptors (Lipinski definition) is 12. The molecule has 1 aliphatic carbocycles. The van der Waals surface area contributed by atoms with Gasteiger partial charge in [0.1, 0.15) is 47.6 Å². The Hall–Kier alpha value is -3.02. The van der Waals surface area contributed by atoms with Crippen molar-refractivity contribution in [1.82, 2.24) is 0 Å². The minimum Gasteiger partial charge on any atom is -0.507 e. The van der Waals surface area contributed by atoms with Crippen molar-refractivity contribution in [3.63, 3.8) is 0 Å². The van der Waals surface area contributed by atoms with Crippen molar-refractivity contribution in [2.45, 2.75) is 37.4 Å². The van der Waals surface area contributed by atoms with Crippen molar-refractivity contribution >= 4 is 40.5 Å². The number of benzene rings is 2. The number of halogens is 1. The number of fused-ring (bicyclic) bond motifs is 2. The topological polar surface area (TPSA) is 232 Å². The van der Waals surface area contributed by atoms with Crippen molar-refractivity contribution < 1.29 is 63.0 Å². The molecule has 0 amide bonds. The molecule has 8 N–H and O–H groups in total. The first-order chi connectivity index (χ1) is 16.9. The van der Waals surface area contributed by atoms with Gasteiger partial charge >= 0.3 is 5.97 Å². The van der Waals surface area contributed by atoms with E-state index in [0.717, 1.165) is 6.07 Å². The fraction of sp³-hybridized carbons (Fsp3) is 0.318. The van der Waals surface area contributed by atoms with E-state index in [0.29, 0.717) is 0 Å². The smallest absolute Gasteiger partial charge is 0.339 e. The van der Waals surface area contributed by atoms with Gasteiger partial charge < -0.3 is 48.7 Å². The second-order valence-electron chi connectivity index (χ2n) is 8.30. The summed E-state index contributed by atoms with van der Waals surface area (Å²) >= 11 is 1.29. The van der Waals surface area contributed by atoms with E-state index in [-0.39, 0.29) is 5.56 Å². The third-order valence-electron chi connectivity index (χ3n) is 6.39. The van der Waals surface area contributed by atoms with Crippen LogP contribution in [0.4, 0.5) is 0 Å². The summed E-state index contributed by atoms with van der Waals surface area (Å²) in [6, 6.07) is 0.783. The predicted molar refractivity (Wildman–Crippen MR) is 124 cm³/mol. The quantitative estimate of drug-likeness (QED) is 0.178. The highest BCUT2D eigenvalue weighted by molar-refractivity contribution is 14.1. The highest BCUT2D eigenvalue weighted by Crippen LogP contribution is 2.52. The molecule has 2 aromatic rings. The molecule has 1 heterocycles. The number of aliphatic hydroxyl groups excluding tert-OH is 4. The van der Waals surface area contributed by atoms with Crippen molar-refractivity contribution in [2.75, 3.05) is 6.61 Å². The second kappa shape index (κ2) is 9.13. The van der Waals surface area contributed by atoms with E-state index in [9.17, 15) is 55.2 Å². The molecule has 13 nitrogen and oxygen atoms in total. The molecular weight excluding hydrogens is 599 g/mol. The van der Waals surface area contributed by atoms with Gasteiger partial charge in [-0.3, -0.25) is 9.59 Å². The van der Waals surface area contributed by atoms with Crippen LogP contribution in [0.25, 0.3) is 0 Å². The summed E-state index contributed by atoms with van der Waals surface area (Å²) in [4.78, 5) is 38.5. The van der Waals surface area contributed by atoms with Crippen molar-refractivity contribution in [1.29, 1.82) is 0 Å². The standard InChI is InChI=1S/C22H19IO13/c1-4-8-5(2-6(25)9(4)22(33)34)13(26)11-10(15(8)28)16(29)12(17(30)21(11)36-23)20-19(32)18(31)14(27)7(3-24)35-20/h2,7,14,18-20,24-25,27,29-32H,3H2,1H3,(H,33,34)/t7-,14-,18+,19-,20?/m1/s1. The number of aliphatic hydroxyl groups is 4. The van der Waals surface area contributed by atoms with E-state index in [1.807, 2.05) is 0 Å². The molecule has 2 aliphatic rings. The van der Waals surface area contributed by atoms with Gasteiger partial charge in [-0.05, 0) is 18.6 Å². The molecular formula is C22H19IO13. The maximum absolute atomic E-state index is 13.6. The zero-order valence-electron chi connectivity index (χ0n) is 18.2. The Morgan fingerprint density at radius 2 is 1.64 bits per heavy atom. The lowest BCUT2D eigenvalue weighted by atomic mass is 9.77. The number of rotatable bonds is 4. The maximum Gasteiger partial charge on any atom is 0.339 e. The van der Waals surface area contributed by atoms with Gasteiger partial charge in [-0.1, -0.05) is 0 Å². The second-order valence-corrected chi connectivity index (χ2v) is 8.74. The molecule has 0 spiro atoms. The molecule has 1 aliphatic heterocycles. The SMILES string of the molecule is Cc1c(C(=O)O)c(O)cc2c1C(=O)c1c(O)c(C3O[C@H](CO)[C@@H](O)[C@H](O)[C@H]3O)c(O)c(OI)c1C2=O. The average Bonchev–Trinajstić information content (AvgIpc) is 2.81. The fourth-order valence-corrected chi connectivity index (χ4v) is 5.07. The number of ether oxygens (including phenoxy) is 1. The number of aromatic hydroxyl groups is 3. The number of carbonyl (C=O) groups excluding carboxylic acids is 2. The lowest BCUT2D eigenvalue weighted by Gasteiger charge is -2.40. The molecule has 0 radical (unpaired) electrons. The van der Waals surface area contributed by atoms with Crippen molar-refractivity contribution in [2.24, 2.45) is 0 Å². The van der Waals surface area contributed by atoms with Crippen LogP contribution in [0, 0.1) is 6.92 Å². The molecule has 192 valence electrons. The summed E-state index contributed by atoms with van der Waals surface area (Å²) in [5.41, 5.74) is -3.74. The first-order valence-corrected chi connectivity index (χ1v) is 11.2. The Balaban J connectivity index is 2.02. The third-order valence-corrected chi connectivity index (χ3v) is 6.83. The summed E-state index contributed by atoms with van der Waals surface area (Å²) in [5, 5.41) is 81.8. The number of hydrogen-bond donors (Lipinski definition) is 8. The van der Waals surface area contributed by atoms with Crippen LogP contribution in [0.5, 0.6) is 23.0 Å². The number of phenols is 3. The number of ketones is 2. The Kier molecular flexibility index (Phi) is 6.61. The summed E-state index contributed by atoms with van der Waals surface area (Å²) in [6.45, 7) is 0.360. The van der Waals surface area contributed by atoms with Crippen LogP contribution in [0.3, 0.4) is 0 Å². The molecule has 0 bridgehead atoms. The van der Waals surface area contributed by atoms with Gasteiger partial charge in [0.2, 0.25) is 0 Å². The summed E-state index contributed by atoms with van der Waals surface area (Å²) < 4.78 is 10.5.